The maximum Gasteiger partial charge on any atom is 0.159 e. The first-order chi connectivity index (χ1) is 13.8. The van der Waals surface area contributed by atoms with Gasteiger partial charge in [-0.1, -0.05) is 102 Å². The second-order valence-corrected chi connectivity index (χ2v) is 8.15. The van der Waals surface area contributed by atoms with Gasteiger partial charge in [0.2, 0.25) is 0 Å². The van der Waals surface area contributed by atoms with Gasteiger partial charge in [0.25, 0.3) is 0 Å². The van der Waals surface area contributed by atoms with E-state index in [2.05, 4.69) is 48.1 Å². The number of benzene rings is 1. The lowest BCUT2D eigenvalue weighted by atomic mass is 10.0. The van der Waals surface area contributed by atoms with E-state index in [1.165, 1.54) is 94.6 Å². The van der Waals surface area contributed by atoms with Crippen molar-refractivity contribution in [2.24, 2.45) is 0 Å². The summed E-state index contributed by atoms with van der Waals surface area (Å²) in [6.45, 7) is 4.54. The van der Waals surface area contributed by atoms with Crippen LogP contribution in [0.2, 0.25) is 0 Å². The summed E-state index contributed by atoms with van der Waals surface area (Å²) in [5.41, 5.74) is 3.82. The second kappa shape index (κ2) is 14.3. The fraction of sp³-hybridized carbons (Fsp3) is 0.615. The molecule has 2 aromatic rings. The van der Waals surface area contributed by atoms with Crippen molar-refractivity contribution in [1.29, 1.82) is 0 Å². The number of aromatic nitrogens is 2. The molecule has 0 aliphatic carbocycles. The molecule has 0 unspecified atom stereocenters. The SMILES string of the molecule is CCCCCCCCc1ccc(-c2ncc(CCCCCCCC)cn2)cc1. The molecule has 0 N–H and O–H groups in total. The quantitative estimate of drug-likeness (QED) is 0.293. The van der Waals surface area contributed by atoms with Gasteiger partial charge in [0.15, 0.2) is 5.82 Å². The van der Waals surface area contributed by atoms with Crippen molar-refractivity contribution in [3.05, 3.63) is 47.8 Å². The van der Waals surface area contributed by atoms with Crippen LogP contribution in [0, 0.1) is 0 Å². The van der Waals surface area contributed by atoms with Crippen LogP contribution in [0.5, 0.6) is 0 Å². The van der Waals surface area contributed by atoms with Crippen molar-refractivity contribution in [2.75, 3.05) is 0 Å². The molecule has 1 aromatic carbocycles. The molecule has 154 valence electrons. The van der Waals surface area contributed by atoms with Crippen LogP contribution < -0.4 is 0 Å². The van der Waals surface area contributed by atoms with Crippen LogP contribution in [0.1, 0.15) is 102 Å². The Labute approximate surface area is 173 Å². The second-order valence-electron chi connectivity index (χ2n) is 8.15. The van der Waals surface area contributed by atoms with Crippen molar-refractivity contribution in [1.82, 2.24) is 9.97 Å². The van der Waals surface area contributed by atoms with E-state index in [0.29, 0.717) is 0 Å². The van der Waals surface area contributed by atoms with Gasteiger partial charge in [0.1, 0.15) is 0 Å². The largest absolute Gasteiger partial charge is 0.236 e. The molecule has 28 heavy (non-hydrogen) atoms. The zero-order valence-corrected chi connectivity index (χ0v) is 18.3. The zero-order valence-electron chi connectivity index (χ0n) is 18.3. The van der Waals surface area contributed by atoms with Crippen molar-refractivity contribution >= 4 is 0 Å². The average Bonchev–Trinajstić information content (AvgIpc) is 2.74. The van der Waals surface area contributed by atoms with Gasteiger partial charge in [-0.15, -0.1) is 0 Å². The minimum absolute atomic E-state index is 0.845. The summed E-state index contributed by atoms with van der Waals surface area (Å²) in [4.78, 5) is 9.20. The lowest BCUT2D eigenvalue weighted by molar-refractivity contribution is 0.607. The van der Waals surface area contributed by atoms with E-state index in [4.69, 9.17) is 0 Å². The Morgan fingerprint density at radius 1 is 0.536 bits per heavy atom. The van der Waals surface area contributed by atoms with Crippen LogP contribution in [0.25, 0.3) is 11.4 Å². The maximum atomic E-state index is 4.60. The molecular formula is C26H40N2. The van der Waals surface area contributed by atoms with Crippen LogP contribution in [-0.4, -0.2) is 9.97 Å². The Kier molecular flexibility index (Phi) is 11.6. The molecule has 0 saturated heterocycles. The number of hydrogen-bond acceptors (Lipinski definition) is 2. The van der Waals surface area contributed by atoms with Gasteiger partial charge in [-0.25, -0.2) is 9.97 Å². The molecule has 0 fully saturated rings. The zero-order chi connectivity index (χ0) is 19.9. The first kappa shape index (κ1) is 22.6. The summed E-state index contributed by atoms with van der Waals surface area (Å²) in [5, 5.41) is 0. The Hall–Kier alpha value is -1.70. The summed E-state index contributed by atoms with van der Waals surface area (Å²) in [6.07, 6.45) is 22.4. The van der Waals surface area contributed by atoms with Crippen molar-refractivity contribution in [3.63, 3.8) is 0 Å². The van der Waals surface area contributed by atoms with Gasteiger partial charge >= 0.3 is 0 Å². The molecule has 0 atom stereocenters. The van der Waals surface area contributed by atoms with Crippen molar-refractivity contribution < 1.29 is 0 Å². The van der Waals surface area contributed by atoms with E-state index in [-0.39, 0.29) is 0 Å². The van der Waals surface area contributed by atoms with E-state index in [1.807, 2.05) is 12.4 Å². The molecular weight excluding hydrogens is 340 g/mol. The minimum atomic E-state index is 0.845. The lowest BCUT2D eigenvalue weighted by Gasteiger charge is -2.05. The normalized spacial score (nSPS) is 11.1. The summed E-state index contributed by atoms with van der Waals surface area (Å²) in [7, 11) is 0. The standard InChI is InChI=1S/C26H40N2/c1-3-5-7-9-11-13-15-23-17-19-25(20-18-23)26-27-21-24(22-28-26)16-14-12-10-8-6-4-2/h17-22H,3-16H2,1-2H3. The average molecular weight is 381 g/mol. The highest BCUT2D eigenvalue weighted by Gasteiger charge is 2.03. The van der Waals surface area contributed by atoms with Crippen molar-refractivity contribution in [2.45, 2.75) is 104 Å². The summed E-state index contributed by atoms with van der Waals surface area (Å²) in [5.74, 6) is 0.845. The number of nitrogens with zero attached hydrogens (tertiary/aromatic N) is 2. The summed E-state index contributed by atoms with van der Waals surface area (Å²) in [6, 6.07) is 8.84. The lowest BCUT2D eigenvalue weighted by Crippen LogP contribution is -1.94. The van der Waals surface area contributed by atoms with Gasteiger partial charge in [-0.05, 0) is 36.8 Å². The highest BCUT2D eigenvalue weighted by Crippen LogP contribution is 2.18. The van der Waals surface area contributed by atoms with Crippen LogP contribution in [0.15, 0.2) is 36.7 Å². The Bertz CT molecular complexity index is 558. The van der Waals surface area contributed by atoms with Crippen LogP contribution >= 0.6 is 0 Å². The van der Waals surface area contributed by atoms with E-state index in [9.17, 15) is 0 Å². The smallest absolute Gasteiger partial charge is 0.159 e. The molecule has 0 aliphatic heterocycles. The van der Waals surface area contributed by atoms with Gasteiger partial charge in [-0.3, -0.25) is 0 Å². The van der Waals surface area contributed by atoms with E-state index in [1.54, 1.807) is 0 Å². The summed E-state index contributed by atoms with van der Waals surface area (Å²) >= 11 is 0. The number of rotatable bonds is 15. The fourth-order valence-electron chi connectivity index (χ4n) is 3.67. The molecule has 0 aliphatic rings. The van der Waals surface area contributed by atoms with Crippen LogP contribution in [-0.2, 0) is 12.8 Å². The molecule has 2 heteroatoms. The Balaban J connectivity index is 1.71. The third kappa shape index (κ3) is 8.99. The maximum absolute atomic E-state index is 4.60. The molecule has 0 radical (unpaired) electrons. The Morgan fingerprint density at radius 2 is 1.00 bits per heavy atom. The molecule has 1 heterocycles. The Morgan fingerprint density at radius 3 is 1.54 bits per heavy atom. The number of unbranched alkanes of at least 4 members (excludes halogenated alkanes) is 10. The first-order valence-corrected chi connectivity index (χ1v) is 11.7. The van der Waals surface area contributed by atoms with Gasteiger partial charge in [-0.2, -0.15) is 0 Å². The molecule has 0 saturated carbocycles. The van der Waals surface area contributed by atoms with E-state index >= 15 is 0 Å². The van der Waals surface area contributed by atoms with Gasteiger partial charge < -0.3 is 0 Å². The minimum Gasteiger partial charge on any atom is -0.236 e. The van der Waals surface area contributed by atoms with E-state index < -0.39 is 0 Å². The molecule has 0 bridgehead atoms. The third-order valence-corrected chi connectivity index (χ3v) is 5.56. The molecule has 0 amide bonds. The topological polar surface area (TPSA) is 25.8 Å². The third-order valence-electron chi connectivity index (χ3n) is 5.56. The van der Waals surface area contributed by atoms with Gasteiger partial charge in [0, 0.05) is 18.0 Å². The summed E-state index contributed by atoms with van der Waals surface area (Å²) < 4.78 is 0. The predicted molar refractivity (Wildman–Crippen MR) is 122 cm³/mol. The van der Waals surface area contributed by atoms with E-state index in [0.717, 1.165) is 17.8 Å². The molecule has 1 aromatic heterocycles. The fourth-order valence-corrected chi connectivity index (χ4v) is 3.67. The van der Waals surface area contributed by atoms with Gasteiger partial charge in [0.05, 0.1) is 0 Å². The number of aryl methyl sites for hydroxylation is 2. The van der Waals surface area contributed by atoms with Crippen LogP contribution in [0.3, 0.4) is 0 Å². The molecule has 2 rings (SSSR count). The highest BCUT2D eigenvalue weighted by molar-refractivity contribution is 5.55. The highest BCUT2D eigenvalue weighted by atomic mass is 14.9. The predicted octanol–water partition coefficient (Wildman–Crippen LogP) is 7.95. The van der Waals surface area contributed by atoms with Crippen LogP contribution in [0.4, 0.5) is 0 Å². The van der Waals surface area contributed by atoms with Crippen molar-refractivity contribution in [3.8, 4) is 11.4 Å². The molecule has 2 nitrogen and oxygen atoms in total. The molecule has 0 spiro atoms. The number of hydrogen-bond donors (Lipinski definition) is 0. The monoisotopic (exact) mass is 380 g/mol. The first-order valence-electron chi connectivity index (χ1n) is 11.7.